The van der Waals surface area contributed by atoms with Crippen LogP contribution < -0.4 is 5.32 Å². The molecule has 1 aliphatic rings. The van der Waals surface area contributed by atoms with Crippen molar-refractivity contribution in [2.45, 2.75) is 16.9 Å². The molecule has 2 nitrogen and oxygen atoms in total. The topological polar surface area (TPSA) is 21.3 Å². The molecule has 0 saturated carbocycles. The van der Waals surface area contributed by atoms with Gasteiger partial charge in [-0.1, -0.05) is 12.1 Å². The summed E-state index contributed by atoms with van der Waals surface area (Å²) in [4.78, 5) is 1.32. The van der Waals surface area contributed by atoms with Crippen molar-refractivity contribution < 1.29 is 4.74 Å². The van der Waals surface area contributed by atoms with E-state index in [1.807, 2.05) is 0 Å². The molecule has 1 fully saturated rings. The van der Waals surface area contributed by atoms with Crippen molar-refractivity contribution >= 4 is 11.8 Å². The Labute approximate surface area is 95.4 Å². The Kier molecular flexibility index (Phi) is 3.34. The smallest absolute Gasteiger partial charge is 0.0966 e. The van der Waals surface area contributed by atoms with Crippen molar-refractivity contribution in [1.82, 2.24) is 5.32 Å². The van der Waals surface area contributed by atoms with Gasteiger partial charge in [0.1, 0.15) is 0 Å². The molecule has 0 radical (unpaired) electrons. The fourth-order valence-electron chi connectivity index (χ4n) is 1.86. The normalized spacial score (nSPS) is 18.5. The van der Waals surface area contributed by atoms with E-state index in [0.29, 0.717) is 0 Å². The van der Waals surface area contributed by atoms with E-state index in [1.54, 1.807) is 18.9 Å². The zero-order chi connectivity index (χ0) is 10.7. The molecular weight excluding hydrogens is 206 g/mol. The van der Waals surface area contributed by atoms with E-state index in [9.17, 15) is 0 Å². The lowest BCUT2D eigenvalue weighted by molar-refractivity contribution is -0.0502. The van der Waals surface area contributed by atoms with Crippen molar-refractivity contribution in [3.05, 3.63) is 29.8 Å². The molecule has 0 spiro atoms. The maximum Gasteiger partial charge on any atom is 0.0966 e. The number of hydrogen-bond donors (Lipinski definition) is 1. The fraction of sp³-hybridized carbons (Fsp3) is 0.500. The van der Waals surface area contributed by atoms with Gasteiger partial charge in [0.05, 0.1) is 5.60 Å². The van der Waals surface area contributed by atoms with E-state index in [1.165, 1.54) is 10.5 Å². The maximum atomic E-state index is 5.57. The van der Waals surface area contributed by atoms with Gasteiger partial charge in [-0.25, -0.2) is 0 Å². The van der Waals surface area contributed by atoms with Gasteiger partial charge in [-0.2, -0.15) is 0 Å². The highest BCUT2D eigenvalue weighted by atomic mass is 32.2. The van der Waals surface area contributed by atoms with E-state index >= 15 is 0 Å². The Morgan fingerprint density at radius 1 is 1.33 bits per heavy atom. The van der Waals surface area contributed by atoms with Crippen LogP contribution in [0.1, 0.15) is 5.56 Å². The molecule has 82 valence electrons. The van der Waals surface area contributed by atoms with Crippen LogP contribution in [0.4, 0.5) is 0 Å². The Morgan fingerprint density at radius 3 is 2.40 bits per heavy atom. The highest BCUT2D eigenvalue weighted by Gasteiger charge is 2.36. The molecule has 1 heterocycles. The summed E-state index contributed by atoms with van der Waals surface area (Å²) in [7, 11) is 1.80. The molecule has 0 aliphatic carbocycles. The highest BCUT2D eigenvalue weighted by molar-refractivity contribution is 7.98. The first-order valence-electron chi connectivity index (χ1n) is 5.17. The Bertz CT molecular complexity index is 313. The first-order valence-corrected chi connectivity index (χ1v) is 6.39. The van der Waals surface area contributed by atoms with Crippen LogP contribution in [0.3, 0.4) is 0 Å². The number of rotatable bonds is 4. The van der Waals surface area contributed by atoms with Crippen LogP contribution in [-0.2, 0) is 11.2 Å². The summed E-state index contributed by atoms with van der Waals surface area (Å²) in [5, 5.41) is 3.27. The van der Waals surface area contributed by atoms with Gasteiger partial charge in [-0.15, -0.1) is 11.8 Å². The molecule has 1 aromatic carbocycles. The number of nitrogens with one attached hydrogen (secondary N) is 1. The lowest BCUT2D eigenvalue weighted by atomic mass is 9.89. The predicted octanol–water partition coefficient (Wildman–Crippen LogP) is 1.94. The van der Waals surface area contributed by atoms with E-state index in [4.69, 9.17) is 4.74 Å². The van der Waals surface area contributed by atoms with Crippen molar-refractivity contribution in [3.63, 3.8) is 0 Å². The molecular formula is C12H17NOS. The SMILES string of the molecule is COC1(Cc2ccc(SC)cc2)CNC1. The lowest BCUT2D eigenvalue weighted by Gasteiger charge is -2.41. The highest BCUT2D eigenvalue weighted by Crippen LogP contribution is 2.23. The maximum absolute atomic E-state index is 5.57. The van der Waals surface area contributed by atoms with Crippen molar-refractivity contribution in [2.75, 3.05) is 26.5 Å². The summed E-state index contributed by atoms with van der Waals surface area (Å²) >= 11 is 1.78. The minimum Gasteiger partial charge on any atom is -0.375 e. The monoisotopic (exact) mass is 223 g/mol. The molecule has 15 heavy (non-hydrogen) atoms. The summed E-state index contributed by atoms with van der Waals surface area (Å²) in [5.41, 5.74) is 1.40. The van der Waals surface area contributed by atoms with Crippen molar-refractivity contribution in [3.8, 4) is 0 Å². The average Bonchev–Trinajstić information content (AvgIpc) is 2.24. The molecule has 0 amide bonds. The summed E-state index contributed by atoms with van der Waals surface area (Å²) in [6, 6.07) is 8.75. The first-order chi connectivity index (χ1) is 7.28. The summed E-state index contributed by atoms with van der Waals surface area (Å²) in [6.45, 7) is 1.93. The van der Waals surface area contributed by atoms with Crippen molar-refractivity contribution in [1.29, 1.82) is 0 Å². The van der Waals surface area contributed by atoms with Gasteiger partial charge in [0.25, 0.3) is 0 Å². The number of benzene rings is 1. The molecule has 1 N–H and O–H groups in total. The summed E-state index contributed by atoms with van der Waals surface area (Å²) in [5.74, 6) is 0. The van der Waals surface area contributed by atoms with Crippen LogP contribution in [0.5, 0.6) is 0 Å². The van der Waals surface area contributed by atoms with Crippen LogP contribution in [-0.4, -0.2) is 32.1 Å². The molecule has 0 unspecified atom stereocenters. The van der Waals surface area contributed by atoms with Gasteiger partial charge in [0, 0.05) is 31.5 Å². The summed E-state index contributed by atoms with van der Waals surface area (Å²) < 4.78 is 5.57. The third-order valence-corrected chi connectivity index (χ3v) is 3.76. The van der Waals surface area contributed by atoms with E-state index < -0.39 is 0 Å². The van der Waals surface area contributed by atoms with Gasteiger partial charge >= 0.3 is 0 Å². The zero-order valence-corrected chi connectivity index (χ0v) is 10.1. The fourth-order valence-corrected chi connectivity index (χ4v) is 2.27. The largest absolute Gasteiger partial charge is 0.375 e. The van der Waals surface area contributed by atoms with Gasteiger partial charge < -0.3 is 10.1 Å². The number of hydrogen-bond acceptors (Lipinski definition) is 3. The second-order valence-corrected chi connectivity index (χ2v) is 4.90. The summed E-state index contributed by atoms with van der Waals surface area (Å²) in [6.07, 6.45) is 3.10. The molecule has 1 saturated heterocycles. The van der Waals surface area contributed by atoms with Crippen LogP contribution in [0.2, 0.25) is 0 Å². The molecule has 1 aromatic rings. The third kappa shape index (κ3) is 2.36. The van der Waals surface area contributed by atoms with Gasteiger partial charge in [0.15, 0.2) is 0 Å². The lowest BCUT2D eigenvalue weighted by Crippen LogP contribution is -2.61. The second kappa shape index (κ2) is 4.56. The first kappa shape index (κ1) is 11.0. The quantitative estimate of drug-likeness (QED) is 0.788. The molecule has 0 aromatic heterocycles. The van der Waals surface area contributed by atoms with E-state index in [-0.39, 0.29) is 5.60 Å². The Balaban J connectivity index is 2.03. The predicted molar refractivity (Wildman–Crippen MR) is 64.5 cm³/mol. The zero-order valence-electron chi connectivity index (χ0n) is 9.25. The van der Waals surface area contributed by atoms with Crippen molar-refractivity contribution in [2.24, 2.45) is 0 Å². The average molecular weight is 223 g/mol. The van der Waals surface area contributed by atoms with Crippen LogP contribution >= 0.6 is 11.8 Å². The van der Waals surface area contributed by atoms with Crippen LogP contribution in [0.15, 0.2) is 29.2 Å². The van der Waals surface area contributed by atoms with Gasteiger partial charge in [-0.05, 0) is 24.0 Å². The Hall–Kier alpha value is -0.510. The van der Waals surface area contributed by atoms with Gasteiger partial charge in [-0.3, -0.25) is 0 Å². The van der Waals surface area contributed by atoms with Gasteiger partial charge in [0.2, 0.25) is 0 Å². The van der Waals surface area contributed by atoms with Crippen LogP contribution in [0.25, 0.3) is 0 Å². The minimum absolute atomic E-state index is 0.0425. The molecule has 2 rings (SSSR count). The Morgan fingerprint density at radius 2 is 2.00 bits per heavy atom. The minimum atomic E-state index is 0.0425. The van der Waals surface area contributed by atoms with E-state index in [0.717, 1.165) is 19.5 Å². The standard InChI is InChI=1S/C12H17NOS/c1-14-12(8-13-9-12)7-10-3-5-11(15-2)6-4-10/h3-6,13H,7-9H2,1-2H3. The number of methoxy groups -OCH3 is 1. The number of thioether (sulfide) groups is 1. The number of ether oxygens (including phenoxy) is 1. The van der Waals surface area contributed by atoms with E-state index in [2.05, 4.69) is 35.8 Å². The third-order valence-electron chi connectivity index (χ3n) is 3.01. The molecule has 3 heteroatoms. The molecule has 1 aliphatic heterocycles. The van der Waals surface area contributed by atoms with Crippen LogP contribution in [0, 0.1) is 0 Å². The molecule has 0 atom stereocenters. The second-order valence-electron chi connectivity index (χ2n) is 4.02. The molecule has 0 bridgehead atoms.